The predicted octanol–water partition coefficient (Wildman–Crippen LogP) is 4.35. The number of esters is 1. The highest BCUT2D eigenvalue weighted by Crippen LogP contribution is 2.39. The molecule has 15 heteroatoms. The zero-order chi connectivity index (χ0) is 46.4. The Labute approximate surface area is 369 Å². The molecule has 356 valence electrons. The molecular formula is C47H79NO14. The number of ketones is 1. The van der Waals surface area contributed by atoms with Gasteiger partial charge in [0.2, 0.25) is 0 Å². The van der Waals surface area contributed by atoms with Crippen LogP contribution >= 0.6 is 0 Å². The monoisotopic (exact) mass is 882 g/mol. The maximum atomic E-state index is 13.8. The molecular weight excluding hydrogens is 803 g/mol. The van der Waals surface area contributed by atoms with Gasteiger partial charge in [0.1, 0.15) is 24.6 Å². The lowest BCUT2D eigenvalue weighted by Gasteiger charge is -2.50. The number of allylic oxidation sites excluding steroid dienone is 3. The summed E-state index contributed by atoms with van der Waals surface area (Å²) < 4.78 is 44.5. The first-order valence-electron chi connectivity index (χ1n) is 22.9. The maximum Gasteiger partial charge on any atom is 0.308 e. The van der Waals surface area contributed by atoms with E-state index in [1.807, 2.05) is 80.5 Å². The zero-order valence-corrected chi connectivity index (χ0v) is 39.4. The van der Waals surface area contributed by atoms with E-state index in [0.29, 0.717) is 6.42 Å². The van der Waals surface area contributed by atoms with E-state index >= 15 is 0 Å². The summed E-state index contributed by atoms with van der Waals surface area (Å²) in [6.45, 7) is 20.3. The van der Waals surface area contributed by atoms with Crippen LogP contribution in [0.15, 0.2) is 23.8 Å². The van der Waals surface area contributed by atoms with Crippen LogP contribution in [0.5, 0.6) is 0 Å². The van der Waals surface area contributed by atoms with E-state index in [-0.39, 0.29) is 61.9 Å². The van der Waals surface area contributed by atoms with Crippen LogP contribution < -0.4 is 0 Å². The number of carbonyl (C=O) groups excluding carboxylic acids is 3. The SMILES string of the molecule is CC[C@H]1OC(=O)C[C@@H](O)[C@H](C)[C@@H](O[C@@H]2O[C@H](C)[C@@H](O[C@H]3C[C@@](C)(O)[C@@H](O)[C@H](C)O3)[C@H](N(C)C)[C@H]2C)[C@@H](CC=O)C[C@@H](C)C(=O)/C=C/C(C)=C/[C@@H]1CO[C@@H]1O[C@H](C)[C@@H](O)[C@@H](C)[C@H]1C. The standard InChI is InChI=1S/C47H79NO14/c1-14-37-34(23-56-45-27(5)26(4)41(53)30(8)58-45)19-24(2)15-16-35(50)25(3)20-33(17-18-49)42(28(6)36(51)21-38(52)60-37)62-46-29(7)40(48(12)13)43(31(9)59-46)61-39-22-47(11,55)44(54)32(10)57-39/h15-16,18-19,25-34,36-37,39-46,51,53-55H,14,17,20-23H2,1-13H3/b16-15+,24-19+/t25-,26+,27-,28+,29-,30-,31-,32+,33+,34-,36-,37-,39+,40-,41+,42-,43-,44+,45-,46+,47-/m1/s1. The van der Waals surface area contributed by atoms with Crippen molar-refractivity contribution < 1.29 is 68.0 Å². The van der Waals surface area contributed by atoms with Gasteiger partial charge in [-0.15, -0.1) is 0 Å². The van der Waals surface area contributed by atoms with Crippen molar-refractivity contribution in [2.45, 2.75) is 194 Å². The number of ether oxygens (including phenoxy) is 7. The van der Waals surface area contributed by atoms with Crippen molar-refractivity contribution >= 4 is 18.0 Å². The number of aliphatic hydroxyl groups is 4. The molecule has 0 radical (unpaired) electrons. The van der Waals surface area contributed by atoms with E-state index < -0.39 is 109 Å². The number of cyclic esters (lactones) is 1. The average molecular weight is 882 g/mol. The summed E-state index contributed by atoms with van der Waals surface area (Å²) in [5.74, 6) is -3.44. The molecule has 3 fully saturated rings. The minimum atomic E-state index is -1.42. The molecule has 62 heavy (non-hydrogen) atoms. The second kappa shape index (κ2) is 22.8. The minimum absolute atomic E-state index is 0.0361. The predicted molar refractivity (Wildman–Crippen MR) is 230 cm³/mol. The van der Waals surface area contributed by atoms with E-state index in [1.54, 1.807) is 26.8 Å². The molecule has 0 aromatic carbocycles. The first kappa shape index (κ1) is 52.5. The van der Waals surface area contributed by atoms with Crippen LogP contribution in [0, 0.1) is 41.4 Å². The molecule has 0 spiro atoms. The number of aldehydes is 1. The molecule has 4 N–H and O–H groups in total. The molecule has 0 aliphatic carbocycles. The molecule has 4 aliphatic heterocycles. The molecule has 21 atom stereocenters. The quantitative estimate of drug-likeness (QED) is 0.169. The fourth-order valence-corrected chi connectivity index (χ4v) is 9.82. The highest BCUT2D eigenvalue weighted by atomic mass is 16.7. The van der Waals surface area contributed by atoms with Crippen LogP contribution in [-0.2, 0) is 47.5 Å². The van der Waals surface area contributed by atoms with Gasteiger partial charge in [-0.3, -0.25) is 9.59 Å². The number of likely N-dealkylation sites (N-methyl/N-ethyl adjacent to an activating group) is 1. The van der Waals surface area contributed by atoms with Gasteiger partial charge in [0, 0.05) is 48.5 Å². The molecule has 0 aromatic rings. The Hall–Kier alpha value is -2.15. The molecule has 4 rings (SSSR count). The number of hydrogen-bond donors (Lipinski definition) is 4. The van der Waals surface area contributed by atoms with Crippen molar-refractivity contribution in [1.29, 1.82) is 0 Å². The molecule has 0 unspecified atom stereocenters. The van der Waals surface area contributed by atoms with E-state index in [4.69, 9.17) is 33.2 Å². The van der Waals surface area contributed by atoms with Crippen LogP contribution in [0.4, 0.5) is 0 Å². The summed E-state index contributed by atoms with van der Waals surface area (Å²) in [5.41, 5.74) is -0.658. The molecule has 4 aliphatic rings. The Bertz CT molecular complexity index is 1520. The smallest absolute Gasteiger partial charge is 0.308 e. The van der Waals surface area contributed by atoms with Gasteiger partial charge in [0.05, 0.1) is 55.3 Å². The zero-order valence-electron chi connectivity index (χ0n) is 39.4. The highest BCUT2D eigenvalue weighted by Gasteiger charge is 2.50. The third-order valence-corrected chi connectivity index (χ3v) is 14.1. The average Bonchev–Trinajstić information content (AvgIpc) is 3.20. The summed E-state index contributed by atoms with van der Waals surface area (Å²) in [7, 11) is 3.84. The first-order chi connectivity index (χ1) is 29.0. The van der Waals surface area contributed by atoms with E-state index in [0.717, 1.165) is 11.9 Å². The summed E-state index contributed by atoms with van der Waals surface area (Å²) >= 11 is 0. The maximum absolute atomic E-state index is 13.8. The third kappa shape index (κ3) is 13.0. The van der Waals surface area contributed by atoms with E-state index in [9.17, 15) is 34.8 Å². The number of carbonyl (C=O) groups is 3. The van der Waals surface area contributed by atoms with Crippen LogP contribution in [0.2, 0.25) is 0 Å². The second-order valence-corrected chi connectivity index (χ2v) is 19.4. The van der Waals surface area contributed by atoms with Crippen molar-refractivity contribution in [1.82, 2.24) is 4.90 Å². The van der Waals surface area contributed by atoms with Gasteiger partial charge in [-0.2, -0.15) is 0 Å². The fraction of sp³-hybridized carbons (Fsp3) is 0.851. The summed E-state index contributed by atoms with van der Waals surface area (Å²) in [6, 6.07) is -0.290. The second-order valence-electron chi connectivity index (χ2n) is 19.4. The van der Waals surface area contributed by atoms with Gasteiger partial charge in [-0.1, -0.05) is 59.3 Å². The van der Waals surface area contributed by atoms with E-state index in [1.165, 1.54) is 6.08 Å². The Morgan fingerprint density at radius 1 is 0.855 bits per heavy atom. The molecule has 0 aromatic heterocycles. The number of aliphatic hydroxyl groups excluding tert-OH is 3. The van der Waals surface area contributed by atoms with Crippen LogP contribution in [-0.4, -0.2) is 150 Å². The number of nitrogens with zero attached hydrogens (tertiary/aromatic N) is 1. The fourth-order valence-electron chi connectivity index (χ4n) is 9.82. The normalized spacial score (nSPS) is 47.0. The van der Waals surface area contributed by atoms with Crippen molar-refractivity contribution in [3.8, 4) is 0 Å². The Morgan fingerprint density at radius 2 is 1.52 bits per heavy atom. The highest BCUT2D eigenvalue weighted by molar-refractivity contribution is 5.91. The Balaban J connectivity index is 1.61. The van der Waals surface area contributed by atoms with Crippen molar-refractivity contribution in [2.75, 3.05) is 20.7 Å². The first-order valence-corrected chi connectivity index (χ1v) is 22.9. The van der Waals surface area contributed by atoms with Crippen molar-refractivity contribution in [3.63, 3.8) is 0 Å². The summed E-state index contributed by atoms with van der Waals surface area (Å²) in [6.07, 6.45) is -2.42. The topological polar surface area (TPSA) is 200 Å². The van der Waals surface area contributed by atoms with Crippen LogP contribution in [0.1, 0.15) is 108 Å². The summed E-state index contributed by atoms with van der Waals surface area (Å²) in [5, 5.41) is 43.8. The van der Waals surface area contributed by atoms with Gasteiger partial charge in [0.15, 0.2) is 24.7 Å². The van der Waals surface area contributed by atoms with Crippen LogP contribution in [0.3, 0.4) is 0 Å². The lowest BCUT2D eigenvalue weighted by Crippen LogP contribution is -2.62. The number of hydrogen-bond acceptors (Lipinski definition) is 15. The third-order valence-electron chi connectivity index (χ3n) is 14.1. The lowest BCUT2D eigenvalue weighted by molar-refractivity contribution is -0.333. The Kier molecular flexibility index (Phi) is 19.3. The van der Waals surface area contributed by atoms with Gasteiger partial charge in [-0.25, -0.2) is 0 Å². The molecule has 4 heterocycles. The summed E-state index contributed by atoms with van der Waals surface area (Å²) in [4.78, 5) is 41.8. The molecule has 0 amide bonds. The largest absolute Gasteiger partial charge is 0.462 e. The Morgan fingerprint density at radius 3 is 2.13 bits per heavy atom. The van der Waals surface area contributed by atoms with Gasteiger partial charge in [-0.05, 0) is 79.5 Å². The molecule has 0 saturated carbocycles. The van der Waals surface area contributed by atoms with Crippen LogP contribution in [0.25, 0.3) is 0 Å². The van der Waals surface area contributed by atoms with E-state index in [2.05, 4.69) is 0 Å². The minimum Gasteiger partial charge on any atom is -0.462 e. The van der Waals surface area contributed by atoms with Crippen molar-refractivity contribution in [2.24, 2.45) is 41.4 Å². The lowest BCUT2D eigenvalue weighted by atomic mass is 9.79. The van der Waals surface area contributed by atoms with Crippen molar-refractivity contribution in [3.05, 3.63) is 23.8 Å². The molecule has 3 saturated heterocycles. The number of rotatable bonds is 11. The van der Waals surface area contributed by atoms with Gasteiger partial charge >= 0.3 is 5.97 Å². The van der Waals surface area contributed by atoms with Gasteiger partial charge in [0.25, 0.3) is 0 Å². The molecule has 0 bridgehead atoms. The van der Waals surface area contributed by atoms with Gasteiger partial charge < -0.3 is 63.3 Å². The molecule has 15 nitrogen and oxygen atoms in total.